The summed E-state index contributed by atoms with van der Waals surface area (Å²) in [6, 6.07) is 8.02. The number of hydrogen-bond acceptors (Lipinski definition) is 5. The van der Waals surface area contributed by atoms with Crippen LogP contribution in [0.4, 0.5) is 0 Å². The van der Waals surface area contributed by atoms with Crippen molar-refractivity contribution in [3.63, 3.8) is 0 Å². The van der Waals surface area contributed by atoms with E-state index in [1.807, 2.05) is 6.92 Å². The molecule has 25 heavy (non-hydrogen) atoms. The Kier molecular flexibility index (Phi) is 5.12. The molecule has 8 heteroatoms. The van der Waals surface area contributed by atoms with Crippen molar-refractivity contribution in [2.24, 2.45) is 0 Å². The number of benzene rings is 1. The minimum atomic E-state index is -3.49. The predicted octanol–water partition coefficient (Wildman–Crippen LogP) is 2.35. The Labute approximate surface area is 151 Å². The number of piperidine rings is 1. The summed E-state index contributed by atoms with van der Waals surface area (Å²) in [4.78, 5) is 14.2. The van der Waals surface area contributed by atoms with E-state index in [0.29, 0.717) is 30.1 Å². The summed E-state index contributed by atoms with van der Waals surface area (Å²) in [7, 11) is -3.49. The minimum Gasteiger partial charge on any atom is -0.507 e. The number of hydrogen-bond donors (Lipinski definition) is 2. The lowest BCUT2D eigenvalue weighted by molar-refractivity contribution is 0.0708. The molecule has 0 unspecified atom stereocenters. The summed E-state index contributed by atoms with van der Waals surface area (Å²) in [6.45, 7) is 2.76. The van der Waals surface area contributed by atoms with Crippen LogP contribution in [0.3, 0.4) is 0 Å². The van der Waals surface area contributed by atoms with Gasteiger partial charge >= 0.3 is 0 Å². The molecule has 0 radical (unpaired) electrons. The Morgan fingerprint density at radius 1 is 1.28 bits per heavy atom. The lowest BCUT2D eigenvalue weighted by Crippen LogP contribution is -2.46. The van der Waals surface area contributed by atoms with Crippen molar-refractivity contribution >= 4 is 27.3 Å². The number of carbonyl (C=O) groups is 1. The number of likely N-dealkylation sites (tertiary alicyclic amines) is 1. The third kappa shape index (κ3) is 4.02. The Hall–Kier alpha value is -1.90. The number of sulfonamides is 1. The molecule has 134 valence electrons. The highest BCUT2D eigenvalue weighted by Gasteiger charge is 2.28. The molecular weight excluding hydrogens is 360 g/mol. The van der Waals surface area contributed by atoms with Gasteiger partial charge in [0.1, 0.15) is 9.96 Å². The van der Waals surface area contributed by atoms with Crippen molar-refractivity contribution in [1.29, 1.82) is 0 Å². The third-order valence-corrected chi connectivity index (χ3v) is 7.16. The first-order valence-corrected chi connectivity index (χ1v) is 10.4. The van der Waals surface area contributed by atoms with E-state index in [-0.39, 0.29) is 23.3 Å². The van der Waals surface area contributed by atoms with Crippen LogP contribution in [0.1, 0.15) is 28.8 Å². The number of nitrogens with one attached hydrogen (secondary N) is 1. The second kappa shape index (κ2) is 7.15. The fraction of sp³-hybridized carbons (Fsp3) is 0.353. The molecule has 0 spiro atoms. The molecule has 1 amide bonds. The van der Waals surface area contributed by atoms with E-state index in [2.05, 4.69) is 4.72 Å². The van der Waals surface area contributed by atoms with Gasteiger partial charge in [0, 0.05) is 19.1 Å². The van der Waals surface area contributed by atoms with Gasteiger partial charge in [-0.15, -0.1) is 11.3 Å². The average molecular weight is 380 g/mol. The first-order valence-electron chi connectivity index (χ1n) is 8.01. The zero-order chi connectivity index (χ0) is 18.0. The Morgan fingerprint density at radius 2 is 2.00 bits per heavy atom. The average Bonchev–Trinajstić information content (AvgIpc) is 3.12. The number of phenolic OH excluding ortho intramolecular Hbond substituents is 1. The number of rotatable bonds is 4. The number of phenols is 1. The molecule has 1 aliphatic heterocycles. The standard InChI is InChI=1S/C17H20N2O4S2/c1-12-4-5-15(20)14(11-12)17(21)19-8-6-13(7-9-19)18-25(22,23)16-3-2-10-24-16/h2-5,10-11,13,18,20H,6-9H2,1H3. The maximum Gasteiger partial charge on any atom is 0.257 e. The van der Waals surface area contributed by atoms with E-state index >= 15 is 0 Å². The molecule has 1 saturated heterocycles. The quantitative estimate of drug-likeness (QED) is 0.852. The normalized spacial score (nSPS) is 16.1. The van der Waals surface area contributed by atoms with Crippen molar-refractivity contribution in [3.05, 3.63) is 46.8 Å². The van der Waals surface area contributed by atoms with Crippen molar-refractivity contribution in [2.75, 3.05) is 13.1 Å². The fourth-order valence-corrected chi connectivity index (χ4v) is 5.20. The molecular formula is C17H20N2O4S2. The number of aromatic hydroxyl groups is 1. The van der Waals surface area contributed by atoms with E-state index in [9.17, 15) is 18.3 Å². The molecule has 0 saturated carbocycles. The third-order valence-electron chi connectivity index (χ3n) is 4.25. The molecule has 2 aromatic rings. The number of nitrogens with zero attached hydrogens (tertiary/aromatic N) is 1. The summed E-state index contributed by atoms with van der Waals surface area (Å²) < 4.78 is 27.5. The second-order valence-corrected chi connectivity index (χ2v) is 9.03. The van der Waals surface area contributed by atoms with Gasteiger partial charge in [0.15, 0.2) is 0 Å². The summed E-state index contributed by atoms with van der Waals surface area (Å²) in [6.07, 6.45) is 1.09. The van der Waals surface area contributed by atoms with Gasteiger partial charge in [0.2, 0.25) is 10.0 Å². The van der Waals surface area contributed by atoms with Gasteiger partial charge in [-0.1, -0.05) is 17.7 Å². The molecule has 1 aromatic heterocycles. The fourth-order valence-electron chi connectivity index (χ4n) is 2.89. The van der Waals surface area contributed by atoms with E-state index in [4.69, 9.17) is 0 Å². The van der Waals surface area contributed by atoms with E-state index in [0.717, 1.165) is 5.56 Å². The van der Waals surface area contributed by atoms with E-state index in [1.165, 1.54) is 17.4 Å². The van der Waals surface area contributed by atoms with Gasteiger partial charge in [-0.05, 0) is 43.3 Å². The number of carbonyl (C=O) groups excluding carboxylic acids is 1. The van der Waals surface area contributed by atoms with Crippen LogP contribution in [0.5, 0.6) is 5.75 Å². The van der Waals surface area contributed by atoms with Gasteiger partial charge in [-0.25, -0.2) is 13.1 Å². The lowest BCUT2D eigenvalue weighted by atomic mass is 10.0. The first kappa shape index (κ1) is 17.9. The molecule has 3 rings (SSSR count). The maximum absolute atomic E-state index is 12.6. The van der Waals surface area contributed by atoms with Crippen LogP contribution in [-0.2, 0) is 10.0 Å². The molecule has 0 atom stereocenters. The predicted molar refractivity (Wildman–Crippen MR) is 96.4 cm³/mol. The largest absolute Gasteiger partial charge is 0.507 e. The number of thiophene rings is 1. The highest BCUT2D eigenvalue weighted by Crippen LogP contribution is 2.23. The van der Waals surface area contributed by atoms with Gasteiger partial charge in [-0.2, -0.15) is 0 Å². The zero-order valence-corrected chi connectivity index (χ0v) is 15.4. The molecule has 6 nitrogen and oxygen atoms in total. The SMILES string of the molecule is Cc1ccc(O)c(C(=O)N2CCC(NS(=O)(=O)c3cccs3)CC2)c1. The van der Waals surface area contributed by atoms with Crippen LogP contribution in [-0.4, -0.2) is 43.5 Å². The lowest BCUT2D eigenvalue weighted by Gasteiger charge is -2.32. The summed E-state index contributed by atoms with van der Waals surface area (Å²) in [5, 5.41) is 11.6. The Bertz CT molecular complexity index is 855. The van der Waals surface area contributed by atoms with E-state index in [1.54, 1.807) is 34.5 Å². The van der Waals surface area contributed by atoms with Gasteiger partial charge in [-0.3, -0.25) is 4.79 Å². The second-order valence-electron chi connectivity index (χ2n) is 6.14. The van der Waals surface area contributed by atoms with Crippen LogP contribution in [0, 0.1) is 6.92 Å². The highest BCUT2D eigenvalue weighted by atomic mass is 32.2. The van der Waals surface area contributed by atoms with Gasteiger partial charge in [0.05, 0.1) is 5.56 Å². The molecule has 1 aromatic carbocycles. The summed E-state index contributed by atoms with van der Waals surface area (Å²) in [5.41, 5.74) is 1.19. The number of amides is 1. The molecule has 1 fully saturated rings. The highest BCUT2D eigenvalue weighted by molar-refractivity contribution is 7.91. The van der Waals surface area contributed by atoms with Crippen LogP contribution >= 0.6 is 11.3 Å². The monoisotopic (exact) mass is 380 g/mol. The van der Waals surface area contributed by atoms with Crippen LogP contribution < -0.4 is 4.72 Å². The van der Waals surface area contributed by atoms with Crippen LogP contribution in [0.2, 0.25) is 0 Å². The Balaban J connectivity index is 1.62. The van der Waals surface area contributed by atoms with Gasteiger partial charge < -0.3 is 10.0 Å². The first-order chi connectivity index (χ1) is 11.9. The Morgan fingerprint density at radius 3 is 2.64 bits per heavy atom. The van der Waals surface area contributed by atoms with Crippen molar-refractivity contribution < 1.29 is 18.3 Å². The van der Waals surface area contributed by atoms with Crippen LogP contribution in [0.25, 0.3) is 0 Å². The van der Waals surface area contributed by atoms with Crippen molar-refractivity contribution in [1.82, 2.24) is 9.62 Å². The van der Waals surface area contributed by atoms with E-state index < -0.39 is 10.0 Å². The maximum atomic E-state index is 12.6. The molecule has 0 aliphatic carbocycles. The summed E-state index contributed by atoms with van der Waals surface area (Å²) >= 11 is 1.18. The molecule has 0 bridgehead atoms. The smallest absolute Gasteiger partial charge is 0.257 e. The van der Waals surface area contributed by atoms with Crippen LogP contribution in [0.15, 0.2) is 39.9 Å². The summed E-state index contributed by atoms with van der Waals surface area (Å²) in [5.74, 6) is -0.253. The topological polar surface area (TPSA) is 86.7 Å². The molecule has 1 aliphatic rings. The molecule has 2 heterocycles. The minimum absolute atomic E-state index is 0.0314. The zero-order valence-electron chi connectivity index (χ0n) is 13.8. The van der Waals surface area contributed by atoms with Crippen molar-refractivity contribution in [2.45, 2.75) is 30.0 Å². The van der Waals surface area contributed by atoms with Gasteiger partial charge in [0.25, 0.3) is 5.91 Å². The van der Waals surface area contributed by atoms with Crippen molar-refractivity contribution in [3.8, 4) is 5.75 Å². The molecule has 2 N–H and O–H groups in total. The number of aryl methyl sites for hydroxylation is 1.